The summed E-state index contributed by atoms with van der Waals surface area (Å²) in [6.45, 7) is 1.23. The third-order valence-corrected chi connectivity index (χ3v) is 2.79. The molecule has 0 heterocycles. The van der Waals surface area contributed by atoms with Crippen molar-refractivity contribution in [1.29, 1.82) is 0 Å². The van der Waals surface area contributed by atoms with E-state index in [9.17, 15) is 70.7 Å². The minimum atomic E-state index is -7.92. The number of hydrogen-bond donors (Lipinski definition) is 0. The number of esters is 1. The van der Waals surface area contributed by atoms with Gasteiger partial charge in [0, 0.05) is 6.08 Å². The molecule has 19 heteroatoms. The molecular weight excluding hydrogens is 493 g/mol. The predicted molar refractivity (Wildman–Crippen MR) is 63.7 cm³/mol. The highest BCUT2D eigenvalue weighted by Crippen LogP contribution is 2.55. The van der Waals surface area contributed by atoms with E-state index in [1.807, 2.05) is 0 Å². The molecule has 0 aliphatic carbocycles. The maximum atomic E-state index is 13.1. The molecule has 0 spiro atoms. The molecule has 0 radical (unpaired) electrons. The summed E-state index contributed by atoms with van der Waals surface area (Å²) >= 11 is 0. The largest absolute Gasteiger partial charge is 0.462 e. The van der Waals surface area contributed by atoms with Gasteiger partial charge in [-0.25, -0.2) is 14.3 Å². The lowest BCUT2D eigenvalue weighted by molar-refractivity contribution is -0.542. The third-order valence-electron chi connectivity index (χ3n) is 2.79. The first-order valence-electron chi connectivity index (χ1n) is 6.90. The lowest BCUT2D eigenvalue weighted by Gasteiger charge is -2.36. The van der Waals surface area contributed by atoms with Crippen molar-refractivity contribution in [2.45, 2.75) is 48.9 Å². The summed E-state index contributed by atoms with van der Waals surface area (Å²) in [5.41, 5.74) is 0. The summed E-state index contributed by atoms with van der Waals surface area (Å²) < 4.78 is 198. The summed E-state index contributed by atoms with van der Waals surface area (Å²) in [5, 5.41) is 0. The van der Waals surface area contributed by atoms with Crippen molar-refractivity contribution in [3.05, 3.63) is 12.7 Å². The van der Waals surface area contributed by atoms with Gasteiger partial charge in [0.25, 0.3) is 0 Å². The van der Waals surface area contributed by atoms with Crippen LogP contribution >= 0.6 is 0 Å². The average Bonchev–Trinajstić information content (AvgIpc) is 2.50. The molecule has 0 aliphatic rings. The Kier molecular flexibility index (Phi) is 8.02. The molecule has 0 saturated heterocycles. The van der Waals surface area contributed by atoms with Crippen molar-refractivity contribution in [3.63, 3.8) is 0 Å². The van der Waals surface area contributed by atoms with E-state index in [2.05, 4.69) is 16.1 Å². The fraction of sp³-hybridized carbons (Fsp3) is 0.750. The van der Waals surface area contributed by atoms with Crippen molar-refractivity contribution < 1.29 is 84.9 Å². The fourth-order valence-corrected chi connectivity index (χ4v) is 1.27. The van der Waals surface area contributed by atoms with E-state index in [0.717, 1.165) is 0 Å². The Labute approximate surface area is 160 Å². The summed E-state index contributed by atoms with van der Waals surface area (Å²) in [6.07, 6.45) is -36.8. The van der Waals surface area contributed by atoms with Gasteiger partial charge in [-0.3, -0.25) is 0 Å². The van der Waals surface area contributed by atoms with Crippen LogP contribution in [0.2, 0.25) is 0 Å². The Balaban J connectivity index is 5.64. The number of carbonyl (C=O) groups excluding carboxylic acids is 1. The van der Waals surface area contributed by atoms with Crippen molar-refractivity contribution in [1.82, 2.24) is 0 Å². The van der Waals surface area contributed by atoms with E-state index in [0.29, 0.717) is 6.08 Å². The second-order valence-corrected chi connectivity index (χ2v) is 5.16. The number of carbonyl (C=O) groups is 1. The highest BCUT2D eigenvalue weighted by Gasteiger charge is 2.85. The van der Waals surface area contributed by atoms with E-state index < -0.39 is 61.5 Å². The van der Waals surface area contributed by atoms with Crippen molar-refractivity contribution >= 4 is 5.97 Å². The van der Waals surface area contributed by atoms with Gasteiger partial charge in [0.2, 0.25) is 0 Å². The number of rotatable bonds is 11. The number of hydrogen-bond acceptors (Lipinski definition) is 4. The molecule has 0 aromatic carbocycles. The minimum Gasteiger partial charge on any atom is -0.462 e. The lowest BCUT2D eigenvalue weighted by atomic mass is 10.1. The van der Waals surface area contributed by atoms with Crippen molar-refractivity contribution in [3.8, 4) is 0 Å². The average molecular weight is 500 g/mol. The van der Waals surface area contributed by atoms with Crippen LogP contribution in [-0.2, 0) is 19.0 Å². The van der Waals surface area contributed by atoms with Crippen LogP contribution in [0.3, 0.4) is 0 Å². The van der Waals surface area contributed by atoms with Crippen LogP contribution in [0, 0.1) is 0 Å². The van der Waals surface area contributed by atoms with Gasteiger partial charge >= 0.3 is 48.4 Å². The van der Waals surface area contributed by atoms with E-state index >= 15 is 0 Å². The molecule has 0 fully saturated rings. The first kappa shape index (κ1) is 29.1. The molecule has 0 saturated carbocycles. The molecule has 31 heavy (non-hydrogen) atoms. The van der Waals surface area contributed by atoms with E-state index in [1.165, 1.54) is 4.74 Å². The van der Waals surface area contributed by atoms with Gasteiger partial charge in [0.05, 0.1) is 13.0 Å². The van der Waals surface area contributed by atoms with Crippen molar-refractivity contribution in [2.24, 2.45) is 0 Å². The number of ether oxygens (including phenoxy) is 3. The molecule has 0 N–H and O–H groups in total. The number of alkyl halides is 15. The van der Waals surface area contributed by atoms with E-state index in [4.69, 9.17) is 0 Å². The quantitative estimate of drug-likeness (QED) is 0.218. The second-order valence-electron chi connectivity index (χ2n) is 5.16. The summed E-state index contributed by atoms with van der Waals surface area (Å²) in [5.74, 6) is -17.1. The molecule has 4 nitrogen and oxygen atoms in total. The molecule has 184 valence electrons. The van der Waals surface area contributed by atoms with Crippen LogP contribution in [0.4, 0.5) is 65.9 Å². The summed E-state index contributed by atoms with van der Waals surface area (Å²) in [4.78, 5) is 10.5. The first-order chi connectivity index (χ1) is 13.4. The van der Waals surface area contributed by atoms with Gasteiger partial charge in [-0.05, 0) is 0 Å². The zero-order chi connectivity index (χ0) is 25.3. The van der Waals surface area contributed by atoms with Crippen LogP contribution < -0.4 is 0 Å². The zero-order valence-electron chi connectivity index (χ0n) is 14.0. The molecule has 0 bridgehead atoms. The molecular formula is C12H7F15O4. The van der Waals surface area contributed by atoms with Crippen LogP contribution in [0.25, 0.3) is 0 Å². The van der Waals surface area contributed by atoms with Crippen LogP contribution in [0.1, 0.15) is 6.42 Å². The second kappa shape index (κ2) is 8.55. The minimum absolute atomic E-state index is 0.370. The zero-order valence-corrected chi connectivity index (χ0v) is 14.0. The summed E-state index contributed by atoms with van der Waals surface area (Å²) in [6, 6.07) is 0. The topological polar surface area (TPSA) is 44.8 Å². The van der Waals surface area contributed by atoms with Crippen LogP contribution in [0.5, 0.6) is 0 Å². The molecule has 0 rings (SSSR count). The molecule has 0 amide bonds. The first-order valence-corrected chi connectivity index (χ1v) is 6.90. The Hall–Kier alpha value is -1.92. The van der Waals surface area contributed by atoms with Gasteiger partial charge < -0.3 is 4.74 Å². The third kappa shape index (κ3) is 6.30. The van der Waals surface area contributed by atoms with Gasteiger partial charge in [-0.15, -0.1) is 0 Å². The molecule has 0 aliphatic heterocycles. The van der Waals surface area contributed by atoms with Crippen LogP contribution in [0.15, 0.2) is 12.7 Å². The molecule has 0 atom stereocenters. The number of halogens is 15. The highest BCUT2D eigenvalue weighted by atomic mass is 19.4. The van der Waals surface area contributed by atoms with Crippen LogP contribution in [-0.4, -0.2) is 55.0 Å². The van der Waals surface area contributed by atoms with Gasteiger partial charge in [0.15, 0.2) is 0 Å². The smallest absolute Gasteiger partial charge is 0.460 e. The highest BCUT2D eigenvalue weighted by molar-refractivity contribution is 5.81. The van der Waals surface area contributed by atoms with Gasteiger partial charge in [0.1, 0.15) is 0 Å². The van der Waals surface area contributed by atoms with Gasteiger partial charge in [-0.1, -0.05) is 6.58 Å². The monoisotopic (exact) mass is 500 g/mol. The predicted octanol–water partition coefficient (Wildman–Crippen LogP) is 5.34. The standard InChI is InChI=1S/C12H7F15O4/c1-2-5(28)29-4-3-6(13,14)30-11(24,25)12(26,27)31-10(22,23)8(17,18)7(15,16)9(19,20)21/h2H,1,3-4H2. The Morgan fingerprint density at radius 2 is 1.10 bits per heavy atom. The Morgan fingerprint density at radius 1 is 0.677 bits per heavy atom. The van der Waals surface area contributed by atoms with E-state index in [-0.39, 0.29) is 0 Å². The molecule has 0 aromatic heterocycles. The summed E-state index contributed by atoms with van der Waals surface area (Å²) in [7, 11) is 0. The maximum Gasteiger partial charge on any atom is 0.460 e. The van der Waals surface area contributed by atoms with Crippen molar-refractivity contribution in [2.75, 3.05) is 6.61 Å². The molecule has 0 unspecified atom stereocenters. The molecule has 0 aromatic rings. The Morgan fingerprint density at radius 3 is 1.48 bits per heavy atom. The maximum absolute atomic E-state index is 13.1. The normalized spacial score (nSPS) is 15.1. The van der Waals surface area contributed by atoms with Gasteiger partial charge in [-0.2, -0.15) is 65.9 Å². The SMILES string of the molecule is C=CC(=O)OCCC(F)(F)OC(F)(F)C(F)(F)OC(F)(F)C(F)(F)C(F)(F)C(F)(F)F. The fourth-order valence-electron chi connectivity index (χ4n) is 1.27. The lowest BCUT2D eigenvalue weighted by Crippen LogP contribution is -2.64. The van der Waals surface area contributed by atoms with E-state index in [1.54, 1.807) is 0 Å². The Bertz CT molecular complexity index is 655.